The van der Waals surface area contributed by atoms with Gasteiger partial charge in [-0.1, -0.05) is 30.3 Å². The van der Waals surface area contributed by atoms with Gasteiger partial charge in [0, 0.05) is 24.9 Å². The van der Waals surface area contributed by atoms with Crippen molar-refractivity contribution in [2.45, 2.75) is 38.6 Å². The van der Waals surface area contributed by atoms with E-state index in [0.717, 1.165) is 31.6 Å². The molecule has 1 aliphatic heterocycles. The van der Waals surface area contributed by atoms with E-state index in [0.29, 0.717) is 12.5 Å². The van der Waals surface area contributed by atoms with E-state index < -0.39 is 0 Å². The van der Waals surface area contributed by atoms with Gasteiger partial charge in [-0.15, -0.1) is 35.3 Å². The molecule has 24 heavy (non-hydrogen) atoms. The summed E-state index contributed by atoms with van der Waals surface area (Å²) in [6, 6.07) is 10.5. The summed E-state index contributed by atoms with van der Waals surface area (Å²) in [6.07, 6.45) is 5.76. The van der Waals surface area contributed by atoms with E-state index in [9.17, 15) is 0 Å². The summed E-state index contributed by atoms with van der Waals surface area (Å²) in [5.74, 6) is 0.670. The first-order valence-electron chi connectivity index (χ1n) is 8.33. The van der Waals surface area contributed by atoms with Crippen LogP contribution in [0.4, 0.5) is 0 Å². The SMILES string of the molecule is I.NC(=NCc1csc(CCc2ccccc2)n1)N1CCCCC1. The minimum atomic E-state index is 0. The van der Waals surface area contributed by atoms with Crippen molar-refractivity contribution in [3.8, 4) is 0 Å². The predicted octanol–water partition coefficient (Wildman–Crippen LogP) is 3.85. The molecule has 2 N–H and O–H groups in total. The lowest BCUT2D eigenvalue weighted by Gasteiger charge is -2.27. The molecule has 1 aromatic carbocycles. The maximum atomic E-state index is 6.09. The van der Waals surface area contributed by atoms with Crippen LogP contribution in [-0.4, -0.2) is 28.9 Å². The van der Waals surface area contributed by atoms with Crippen LogP contribution in [0.5, 0.6) is 0 Å². The van der Waals surface area contributed by atoms with Crippen molar-refractivity contribution in [3.63, 3.8) is 0 Å². The number of aromatic nitrogens is 1. The number of hydrogen-bond donors (Lipinski definition) is 1. The molecule has 2 aromatic rings. The quantitative estimate of drug-likeness (QED) is 0.423. The zero-order chi connectivity index (χ0) is 15.9. The number of nitrogens with zero attached hydrogens (tertiary/aromatic N) is 3. The standard InChI is InChI=1S/C18H24N4S.HI/c19-18(22-11-5-2-6-12-22)20-13-16-14-23-17(21-16)10-9-15-7-3-1-4-8-15;/h1,3-4,7-8,14H,2,5-6,9-13H2,(H2,19,20);1H. The summed E-state index contributed by atoms with van der Waals surface area (Å²) in [5.41, 5.74) is 8.47. The molecule has 0 amide bonds. The van der Waals surface area contributed by atoms with E-state index in [1.807, 2.05) is 0 Å². The first-order valence-corrected chi connectivity index (χ1v) is 9.21. The van der Waals surface area contributed by atoms with Gasteiger partial charge in [-0.25, -0.2) is 9.98 Å². The van der Waals surface area contributed by atoms with Crippen molar-refractivity contribution in [1.82, 2.24) is 9.88 Å². The number of hydrogen-bond acceptors (Lipinski definition) is 3. The first-order chi connectivity index (χ1) is 11.3. The van der Waals surface area contributed by atoms with Crippen LogP contribution in [0.2, 0.25) is 0 Å². The van der Waals surface area contributed by atoms with Gasteiger partial charge in [0.15, 0.2) is 5.96 Å². The number of rotatable bonds is 5. The van der Waals surface area contributed by atoms with E-state index in [4.69, 9.17) is 5.73 Å². The highest BCUT2D eigenvalue weighted by molar-refractivity contribution is 14.0. The molecule has 1 aromatic heterocycles. The molecule has 0 saturated carbocycles. The summed E-state index contributed by atoms with van der Waals surface area (Å²) in [6.45, 7) is 2.66. The van der Waals surface area contributed by atoms with E-state index in [1.54, 1.807) is 11.3 Å². The Hall–Kier alpha value is -1.15. The van der Waals surface area contributed by atoms with Crippen LogP contribution in [-0.2, 0) is 19.4 Å². The third kappa shape index (κ3) is 5.73. The van der Waals surface area contributed by atoms with Gasteiger partial charge >= 0.3 is 0 Å². The predicted molar refractivity (Wildman–Crippen MR) is 112 cm³/mol. The number of thiazole rings is 1. The number of likely N-dealkylation sites (tertiary alicyclic amines) is 1. The zero-order valence-corrected chi connectivity index (χ0v) is 17.0. The normalized spacial score (nSPS) is 15.2. The molecule has 1 fully saturated rings. The highest BCUT2D eigenvalue weighted by atomic mass is 127. The molecule has 6 heteroatoms. The molecular formula is C18H25IN4S. The van der Waals surface area contributed by atoms with Crippen LogP contribution in [0.15, 0.2) is 40.7 Å². The van der Waals surface area contributed by atoms with Crippen LogP contribution < -0.4 is 5.73 Å². The Balaban J connectivity index is 0.00000208. The average molecular weight is 456 g/mol. The molecule has 0 aliphatic carbocycles. The largest absolute Gasteiger partial charge is 0.370 e. The Morgan fingerprint density at radius 1 is 1.12 bits per heavy atom. The number of aryl methyl sites for hydroxylation is 2. The molecule has 0 atom stereocenters. The van der Waals surface area contributed by atoms with Crippen LogP contribution in [0.25, 0.3) is 0 Å². The molecular weight excluding hydrogens is 431 g/mol. The fourth-order valence-electron chi connectivity index (χ4n) is 2.82. The molecule has 3 rings (SSSR count). The fraction of sp³-hybridized carbons (Fsp3) is 0.444. The Morgan fingerprint density at radius 3 is 2.62 bits per heavy atom. The van der Waals surface area contributed by atoms with Gasteiger partial charge in [0.25, 0.3) is 0 Å². The maximum Gasteiger partial charge on any atom is 0.191 e. The highest BCUT2D eigenvalue weighted by Crippen LogP contribution is 2.14. The average Bonchev–Trinajstić information content (AvgIpc) is 3.07. The Labute approximate surface area is 165 Å². The number of nitrogens with two attached hydrogens (primary N) is 1. The molecule has 1 saturated heterocycles. The van der Waals surface area contributed by atoms with Crippen molar-refractivity contribution < 1.29 is 0 Å². The summed E-state index contributed by atoms with van der Waals surface area (Å²) >= 11 is 1.72. The number of halogens is 1. The lowest BCUT2D eigenvalue weighted by molar-refractivity contribution is 0.338. The molecule has 4 nitrogen and oxygen atoms in total. The van der Waals surface area contributed by atoms with E-state index in [2.05, 4.69) is 50.6 Å². The van der Waals surface area contributed by atoms with E-state index >= 15 is 0 Å². The lowest BCUT2D eigenvalue weighted by Crippen LogP contribution is -2.40. The highest BCUT2D eigenvalue weighted by Gasteiger charge is 2.12. The van der Waals surface area contributed by atoms with Gasteiger partial charge in [-0.2, -0.15) is 0 Å². The van der Waals surface area contributed by atoms with Crippen LogP contribution in [0, 0.1) is 0 Å². The number of piperidine rings is 1. The molecule has 130 valence electrons. The van der Waals surface area contributed by atoms with Crippen molar-refractivity contribution in [2.75, 3.05) is 13.1 Å². The maximum absolute atomic E-state index is 6.09. The first kappa shape index (κ1) is 19.2. The van der Waals surface area contributed by atoms with E-state index in [-0.39, 0.29) is 24.0 Å². The Bertz CT molecular complexity index is 635. The van der Waals surface area contributed by atoms with Gasteiger partial charge in [0.1, 0.15) is 0 Å². The van der Waals surface area contributed by atoms with Gasteiger partial charge < -0.3 is 10.6 Å². The Kier molecular flexibility index (Phi) is 7.98. The third-order valence-electron chi connectivity index (χ3n) is 4.15. The summed E-state index contributed by atoms with van der Waals surface area (Å²) in [7, 11) is 0. The van der Waals surface area contributed by atoms with Gasteiger partial charge in [0.2, 0.25) is 0 Å². The Morgan fingerprint density at radius 2 is 1.88 bits per heavy atom. The second-order valence-electron chi connectivity index (χ2n) is 5.94. The molecule has 0 spiro atoms. The molecule has 0 bridgehead atoms. The second kappa shape index (κ2) is 9.98. The van der Waals surface area contributed by atoms with Crippen LogP contribution in [0.1, 0.15) is 35.5 Å². The van der Waals surface area contributed by atoms with Crippen molar-refractivity contribution in [1.29, 1.82) is 0 Å². The van der Waals surface area contributed by atoms with Gasteiger partial charge in [0.05, 0.1) is 17.2 Å². The minimum absolute atomic E-state index is 0. The number of benzene rings is 1. The van der Waals surface area contributed by atoms with Crippen LogP contribution >= 0.6 is 35.3 Å². The zero-order valence-electron chi connectivity index (χ0n) is 13.9. The van der Waals surface area contributed by atoms with E-state index in [1.165, 1.54) is 29.8 Å². The summed E-state index contributed by atoms with van der Waals surface area (Å²) in [5, 5.41) is 3.28. The smallest absolute Gasteiger partial charge is 0.191 e. The third-order valence-corrected chi connectivity index (χ3v) is 5.11. The summed E-state index contributed by atoms with van der Waals surface area (Å²) in [4.78, 5) is 11.4. The summed E-state index contributed by atoms with van der Waals surface area (Å²) < 4.78 is 0. The van der Waals surface area contributed by atoms with Crippen molar-refractivity contribution in [2.24, 2.45) is 10.7 Å². The van der Waals surface area contributed by atoms with Gasteiger partial charge in [-0.3, -0.25) is 0 Å². The van der Waals surface area contributed by atoms with Crippen molar-refractivity contribution in [3.05, 3.63) is 52.0 Å². The van der Waals surface area contributed by atoms with Crippen molar-refractivity contribution >= 4 is 41.3 Å². The molecule has 2 heterocycles. The lowest BCUT2D eigenvalue weighted by atomic mass is 10.1. The number of aliphatic imine (C=N–C) groups is 1. The van der Waals surface area contributed by atoms with Gasteiger partial charge in [-0.05, 0) is 31.2 Å². The topological polar surface area (TPSA) is 54.5 Å². The molecule has 0 radical (unpaired) electrons. The van der Waals surface area contributed by atoms with Crippen LogP contribution in [0.3, 0.4) is 0 Å². The minimum Gasteiger partial charge on any atom is -0.370 e. The fourth-order valence-corrected chi connectivity index (χ4v) is 3.61. The molecule has 0 unspecified atom stereocenters. The second-order valence-corrected chi connectivity index (χ2v) is 6.88. The monoisotopic (exact) mass is 456 g/mol. The number of guanidine groups is 1. The molecule has 1 aliphatic rings.